The smallest absolute Gasteiger partial charge is 0.122 e. The van der Waals surface area contributed by atoms with E-state index >= 15 is 0 Å². The van der Waals surface area contributed by atoms with Gasteiger partial charge in [0.1, 0.15) is 5.75 Å². The molecule has 0 atom stereocenters. The van der Waals surface area contributed by atoms with Crippen LogP contribution in [0.1, 0.15) is 30.4 Å². The first kappa shape index (κ1) is 12.1. The van der Waals surface area contributed by atoms with E-state index in [2.05, 4.69) is 32.0 Å². The van der Waals surface area contributed by atoms with Crippen LogP contribution >= 0.6 is 0 Å². The Balaban J connectivity index is 2.33. The van der Waals surface area contributed by atoms with Gasteiger partial charge < -0.3 is 10.5 Å². The highest BCUT2D eigenvalue weighted by atomic mass is 16.5. The van der Waals surface area contributed by atoms with Gasteiger partial charge in [-0.05, 0) is 56.8 Å². The minimum absolute atomic E-state index is 0.781. The summed E-state index contributed by atoms with van der Waals surface area (Å²) in [5.74, 6) is 1.02. The molecule has 2 heteroatoms. The van der Waals surface area contributed by atoms with Crippen LogP contribution in [0.4, 0.5) is 0 Å². The highest BCUT2D eigenvalue weighted by Gasteiger charge is 1.99. The number of nitrogens with two attached hydrogens (primary N) is 1. The molecule has 1 aromatic rings. The first-order chi connectivity index (χ1) is 7.24. The molecule has 0 aliphatic rings. The van der Waals surface area contributed by atoms with Crippen molar-refractivity contribution in [1.82, 2.24) is 0 Å². The van der Waals surface area contributed by atoms with Gasteiger partial charge in [-0.3, -0.25) is 0 Å². The molecule has 1 aromatic carbocycles. The molecule has 2 nitrogen and oxygen atoms in total. The van der Waals surface area contributed by atoms with Crippen LogP contribution < -0.4 is 10.5 Å². The molecule has 0 aliphatic carbocycles. The van der Waals surface area contributed by atoms with Gasteiger partial charge in [-0.2, -0.15) is 0 Å². The minimum atomic E-state index is 0.781. The number of benzene rings is 1. The number of rotatable bonds is 6. The second kappa shape index (κ2) is 6.46. The van der Waals surface area contributed by atoms with Crippen LogP contribution in [0, 0.1) is 13.8 Å². The van der Waals surface area contributed by atoms with Gasteiger partial charge in [0, 0.05) is 0 Å². The Kier molecular flexibility index (Phi) is 5.19. The molecule has 0 radical (unpaired) electrons. The molecular formula is C13H21NO. The summed E-state index contributed by atoms with van der Waals surface area (Å²) in [5, 5.41) is 0. The second-order valence-corrected chi connectivity index (χ2v) is 3.97. The maximum Gasteiger partial charge on any atom is 0.122 e. The molecule has 0 saturated carbocycles. The van der Waals surface area contributed by atoms with Crippen LogP contribution in [0.25, 0.3) is 0 Å². The molecular weight excluding hydrogens is 186 g/mol. The van der Waals surface area contributed by atoms with Crippen LogP contribution in [-0.4, -0.2) is 13.2 Å². The van der Waals surface area contributed by atoms with Crippen molar-refractivity contribution in [2.75, 3.05) is 13.2 Å². The number of unbranched alkanes of at least 4 members (excludes halogenated alkanes) is 2. The first-order valence-corrected chi connectivity index (χ1v) is 5.64. The summed E-state index contributed by atoms with van der Waals surface area (Å²) >= 11 is 0. The van der Waals surface area contributed by atoms with E-state index in [-0.39, 0.29) is 0 Å². The minimum Gasteiger partial charge on any atom is -0.493 e. The van der Waals surface area contributed by atoms with E-state index in [0.29, 0.717) is 0 Å². The van der Waals surface area contributed by atoms with Crippen molar-refractivity contribution in [3.05, 3.63) is 29.3 Å². The zero-order valence-electron chi connectivity index (χ0n) is 9.75. The average Bonchev–Trinajstić information content (AvgIpc) is 2.23. The molecule has 2 N–H and O–H groups in total. The third-order valence-corrected chi connectivity index (χ3v) is 2.45. The third-order valence-electron chi connectivity index (χ3n) is 2.45. The lowest BCUT2D eigenvalue weighted by atomic mass is 10.1. The van der Waals surface area contributed by atoms with E-state index in [1.54, 1.807) is 0 Å². The van der Waals surface area contributed by atoms with E-state index in [1.807, 2.05) is 0 Å². The van der Waals surface area contributed by atoms with Gasteiger partial charge in [-0.25, -0.2) is 0 Å². The molecule has 84 valence electrons. The third kappa shape index (κ3) is 4.34. The van der Waals surface area contributed by atoms with Crippen molar-refractivity contribution < 1.29 is 4.74 Å². The highest BCUT2D eigenvalue weighted by molar-refractivity contribution is 5.35. The monoisotopic (exact) mass is 207 g/mol. The summed E-state index contributed by atoms with van der Waals surface area (Å²) < 4.78 is 5.72. The van der Waals surface area contributed by atoms with Crippen molar-refractivity contribution in [3.8, 4) is 5.75 Å². The lowest BCUT2D eigenvalue weighted by Gasteiger charge is -2.09. The molecule has 0 bridgehead atoms. The Morgan fingerprint density at radius 2 is 1.93 bits per heavy atom. The average molecular weight is 207 g/mol. The Morgan fingerprint density at radius 1 is 1.13 bits per heavy atom. The lowest BCUT2D eigenvalue weighted by Crippen LogP contribution is -2.02. The summed E-state index contributed by atoms with van der Waals surface area (Å²) in [7, 11) is 0. The number of aryl methyl sites for hydroxylation is 2. The molecule has 0 unspecified atom stereocenters. The van der Waals surface area contributed by atoms with Crippen LogP contribution in [-0.2, 0) is 0 Å². The van der Waals surface area contributed by atoms with Crippen molar-refractivity contribution in [2.45, 2.75) is 33.1 Å². The maximum atomic E-state index is 5.72. The SMILES string of the molecule is Cc1ccc(C)c(OCCCCCN)c1. The van der Waals surface area contributed by atoms with Gasteiger partial charge in [0.25, 0.3) is 0 Å². The molecule has 0 fully saturated rings. The summed E-state index contributed by atoms with van der Waals surface area (Å²) in [6.07, 6.45) is 3.34. The Morgan fingerprint density at radius 3 is 2.67 bits per heavy atom. The van der Waals surface area contributed by atoms with Crippen LogP contribution in [0.3, 0.4) is 0 Å². The molecule has 0 heterocycles. The van der Waals surface area contributed by atoms with E-state index < -0.39 is 0 Å². The standard InChI is InChI=1S/C13H21NO/c1-11-6-7-12(2)13(10-11)15-9-5-3-4-8-14/h6-7,10H,3-5,8-9,14H2,1-2H3. The second-order valence-electron chi connectivity index (χ2n) is 3.97. The number of ether oxygens (including phenoxy) is 1. The van der Waals surface area contributed by atoms with Gasteiger partial charge in [0.15, 0.2) is 0 Å². The largest absolute Gasteiger partial charge is 0.493 e. The first-order valence-electron chi connectivity index (χ1n) is 5.64. The number of hydrogen-bond donors (Lipinski definition) is 1. The van der Waals surface area contributed by atoms with Gasteiger partial charge in [0.2, 0.25) is 0 Å². The summed E-state index contributed by atoms with van der Waals surface area (Å²) in [6.45, 7) is 5.74. The maximum absolute atomic E-state index is 5.72. The van der Waals surface area contributed by atoms with Crippen molar-refractivity contribution in [1.29, 1.82) is 0 Å². The fourth-order valence-electron chi connectivity index (χ4n) is 1.47. The van der Waals surface area contributed by atoms with E-state index in [9.17, 15) is 0 Å². The van der Waals surface area contributed by atoms with E-state index in [0.717, 1.165) is 38.2 Å². The number of hydrogen-bond acceptors (Lipinski definition) is 2. The van der Waals surface area contributed by atoms with E-state index in [4.69, 9.17) is 10.5 Å². The Labute approximate surface area is 92.4 Å². The van der Waals surface area contributed by atoms with Crippen molar-refractivity contribution >= 4 is 0 Å². The normalized spacial score (nSPS) is 10.3. The molecule has 0 aliphatic heterocycles. The van der Waals surface area contributed by atoms with Gasteiger partial charge in [0.05, 0.1) is 6.61 Å². The lowest BCUT2D eigenvalue weighted by molar-refractivity contribution is 0.303. The Bertz CT molecular complexity index is 297. The topological polar surface area (TPSA) is 35.2 Å². The fraction of sp³-hybridized carbons (Fsp3) is 0.538. The molecule has 0 saturated heterocycles. The van der Waals surface area contributed by atoms with Crippen molar-refractivity contribution in [2.24, 2.45) is 5.73 Å². The quantitative estimate of drug-likeness (QED) is 0.728. The van der Waals surface area contributed by atoms with Crippen LogP contribution in [0.5, 0.6) is 5.75 Å². The zero-order chi connectivity index (χ0) is 11.1. The van der Waals surface area contributed by atoms with Crippen molar-refractivity contribution in [3.63, 3.8) is 0 Å². The van der Waals surface area contributed by atoms with Crippen LogP contribution in [0.2, 0.25) is 0 Å². The predicted octanol–water partition coefficient (Wildman–Crippen LogP) is 2.81. The molecule has 0 spiro atoms. The van der Waals surface area contributed by atoms with Gasteiger partial charge >= 0.3 is 0 Å². The summed E-state index contributed by atoms with van der Waals surface area (Å²) in [6, 6.07) is 6.30. The molecule has 1 rings (SSSR count). The van der Waals surface area contributed by atoms with Gasteiger partial charge in [-0.15, -0.1) is 0 Å². The Hall–Kier alpha value is -1.02. The fourth-order valence-corrected chi connectivity index (χ4v) is 1.47. The summed E-state index contributed by atoms with van der Waals surface area (Å²) in [4.78, 5) is 0. The van der Waals surface area contributed by atoms with E-state index in [1.165, 1.54) is 11.1 Å². The van der Waals surface area contributed by atoms with Gasteiger partial charge in [-0.1, -0.05) is 12.1 Å². The molecule has 0 aromatic heterocycles. The zero-order valence-corrected chi connectivity index (χ0v) is 9.75. The summed E-state index contributed by atoms with van der Waals surface area (Å²) in [5.41, 5.74) is 7.88. The molecule has 0 amide bonds. The highest BCUT2D eigenvalue weighted by Crippen LogP contribution is 2.19. The van der Waals surface area contributed by atoms with Crippen LogP contribution in [0.15, 0.2) is 18.2 Å². The molecule has 15 heavy (non-hydrogen) atoms. The predicted molar refractivity (Wildman–Crippen MR) is 64.3 cm³/mol.